The normalized spacial score (nSPS) is 27.7. The van der Waals surface area contributed by atoms with E-state index in [4.69, 9.17) is 0 Å². The minimum atomic E-state index is 0.751. The summed E-state index contributed by atoms with van der Waals surface area (Å²) in [7, 11) is 0. The van der Waals surface area contributed by atoms with Gasteiger partial charge < -0.3 is 10.2 Å². The topological polar surface area (TPSA) is 15.3 Å². The van der Waals surface area contributed by atoms with Crippen molar-refractivity contribution in [3.05, 3.63) is 0 Å². The van der Waals surface area contributed by atoms with E-state index < -0.39 is 0 Å². The highest BCUT2D eigenvalue weighted by atomic mass is 15.1. The Morgan fingerprint density at radius 2 is 2.00 bits per heavy atom. The molecule has 0 bridgehead atoms. The zero-order chi connectivity index (χ0) is 13.5. The smallest absolute Gasteiger partial charge is 0.0117 e. The van der Waals surface area contributed by atoms with Crippen LogP contribution in [0.25, 0.3) is 0 Å². The van der Waals surface area contributed by atoms with E-state index in [-0.39, 0.29) is 0 Å². The third-order valence-corrected chi connectivity index (χ3v) is 4.09. The summed E-state index contributed by atoms with van der Waals surface area (Å²) in [5.41, 5.74) is 0. The van der Waals surface area contributed by atoms with Gasteiger partial charge in [-0.1, -0.05) is 34.6 Å². The van der Waals surface area contributed by atoms with Gasteiger partial charge in [-0.3, -0.25) is 0 Å². The van der Waals surface area contributed by atoms with Crippen LogP contribution in [-0.2, 0) is 0 Å². The molecule has 2 nitrogen and oxygen atoms in total. The van der Waals surface area contributed by atoms with E-state index >= 15 is 0 Å². The maximum Gasteiger partial charge on any atom is 0.0117 e. The van der Waals surface area contributed by atoms with E-state index in [0.29, 0.717) is 0 Å². The van der Waals surface area contributed by atoms with Crippen molar-refractivity contribution in [3.63, 3.8) is 0 Å². The van der Waals surface area contributed by atoms with E-state index in [1.54, 1.807) is 0 Å². The van der Waals surface area contributed by atoms with Gasteiger partial charge in [0, 0.05) is 19.1 Å². The lowest BCUT2D eigenvalue weighted by atomic mass is 9.92. The summed E-state index contributed by atoms with van der Waals surface area (Å²) in [6.45, 7) is 16.8. The summed E-state index contributed by atoms with van der Waals surface area (Å²) >= 11 is 0. The molecule has 1 heterocycles. The molecule has 1 N–H and O–H groups in total. The highest BCUT2D eigenvalue weighted by Crippen LogP contribution is 2.20. The Kier molecular flexibility index (Phi) is 7.25. The Morgan fingerprint density at radius 3 is 2.56 bits per heavy atom. The second-order valence-electron chi connectivity index (χ2n) is 6.82. The molecule has 0 spiro atoms. The van der Waals surface area contributed by atoms with Gasteiger partial charge in [0.1, 0.15) is 0 Å². The van der Waals surface area contributed by atoms with Crippen molar-refractivity contribution < 1.29 is 0 Å². The molecule has 1 rings (SSSR count). The van der Waals surface area contributed by atoms with Crippen molar-refractivity contribution in [2.45, 2.75) is 59.9 Å². The fourth-order valence-corrected chi connectivity index (χ4v) is 3.35. The molecule has 108 valence electrons. The van der Waals surface area contributed by atoms with E-state index in [1.807, 2.05) is 0 Å². The monoisotopic (exact) mass is 254 g/mol. The Balaban J connectivity index is 2.27. The van der Waals surface area contributed by atoms with Gasteiger partial charge in [0.25, 0.3) is 0 Å². The standard InChI is InChI=1S/C16H34N2/c1-6-8-17-16-7-9-18(12-15(16)5)11-14(4)10-13(2)3/h13-17H,6-12H2,1-5H3. The minimum absolute atomic E-state index is 0.751. The number of hydrogen-bond acceptors (Lipinski definition) is 2. The first-order chi connectivity index (χ1) is 8.52. The van der Waals surface area contributed by atoms with E-state index in [1.165, 1.54) is 45.4 Å². The fourth-order valence-electron chi connectivity index (χ4n) is 3.35. The number of nitrogens with zero attached hydrogens (tertiary/aromatic N) is 1. The second-order valence-corrected chi connectivity index (χ2v) is 6.82. The second kappa shape index (κ2) is 8.16. The van der Waals surface area contributed by atoms with Gasteiger partial charge in [-0.15, -0.1) is 0 Å². The van der Waals surface area contributed by atoms with Gasteiger partial charge in [0.05, 0.1) is 0 Å². The third-order valence-electron chi connectivity index (χ3n) is 4.09. The average Bonchev–Trinajstić information content (AvgIpc) is 2.26. The van der Waals surface area contributed by atoms with Crippen molar-refractivity contribution in [1.82, 2.24) is 10.2 Å². The molecule has 0 aliphatic carbocycles. The lowest BCUT2D eigenvalue weighted by molar-refractivity contribution is 0.127. The van der Waals surface area contributed by atoms with Crippen molar-refractivity contribution in [3.8, 4) is 0 Å². The highest BCUT2D eigenvalue weighted by Gasteiger charge is 2.26. The number of nitrogens with one attached hydrogen (secondary N) is 1. The molecule has 3 unspecified atom stereocenters. The summed E-state index contributed by atoms with van der Waals surface area (Å²) in [5.74, 6) is 2.48. The molecule has 1 saturated heterocycles. The maximum atomic E-state index is 3.70. The first-order valence-electron chi connectivity index (χ1n) is 7.98. The molecule has 1 aliphatic rings. The first-order valence-corrected chi connectivity index (χ1v) is 7.98. The largest absolute Gasteiger partial charge is 0.314 e. The molecule has 0 aromatic carbocycles. The van der Waals surface area contributed by atoms with E-state index in [0.717, 1.165) is 23.8 Å². The quantitative estimate of drug-likeness (QED) is 0.749. The molecule has 0 radical (unpaired) electrons. The van der Waals surface area contributed by atoms with Crippen LogP contribution < -0.4 is 5.32 Å². The van der Waals surface area contributed by atoms with Gasteiger partial charge in [-0.2, -0.15) is 0 Å². The summed E-state index contributed by atoms with van der Waals surface area (Å²) in [6.07, 6.45) is 3.94. The molecule has 0 aromatic rings. The van der Waals surface area contributed by atoms with Gasteiger partial charge in [0.15, 0.2) is 0 Å². The fraction of sp³-hybridized carbons (Fsp3) is 1.00. The molecule has 1 aliphatic heterocycles. The van der Waals surface area contributed by atoms with Crippen LogP contribution in [0.2, 0.25) is 0 Å². The van der Waals surface area contributed by atoms with E-state index in [9.17, 15) is 0 Å². The SMILES string of the molecule is CCCNC1CCN(CC(C)CC(C)C)CC1C. The number of rotatable bonds is 7. The third kappa shape index (κ3) is 5.71. The molecule has 0 amide bonds. The Morgan fingerprint density at radius 1 is 1.28 bits per heavy atom. The van der Waals surface area contributed by atoms with Crippen molar-refractivity contribution in [1.29, 1.82) is 0 Å². The number of hydrogen-bond donors (Lipinski definition) is 1. The van der Waals surface area contributed by atoms with Crippen molar-refractivity contribution in [2.75, 3.05) is 26.2 Å². The van der Waals surface area contributed by atoms with Crippen LogP contribution in [0.3, 0.4) is 0 Å². The van der Waals surface area contributed by atoms with Crippen LogP contribution >= 0.6 is 0 Å². The highest BCUT2D eigenvalue weighted by molar-refractivity contribution is 4.83. The Bertz CT molecular complexity index is 215. The van der Waals surface area contributed by atoms with Crippen LogP contribution in [0.4, 0.5) is 0 Å². The Labute approximate surface area is 115 Å². The molecule has 3 atom stereocenters. The summed E-state index contributed by atoms with van der Waals surface area (Å²) in [6, 6.07) is 0.751. The summed E-state index contributed by atoms with van der Waals surface area (Å²) in [4.78, 5) is 2.68. The lowest BCUT2D eigenvalue weighted by Crippen LogP contribution is -2.49. The maximum absolute atomic E-state index is 3.70. The number of piperidine rings is 1. The molecular weight excluding hydrogens is 220 g/mol. The first kappa shape index (κ1) is 16.0. The molecule has 18 heavy (non-hydrogen) atoms. The molecular formula is C16H34N2. The van der Waals surface area contributed by atoms with Crippen LogP contribution in [0.15, 0.2) is 0 Å². The van der Waals surface area contributed by atoms with Gasteiger partial charge in [-0.25, -0.2) is 0 Å². The molecule has 0 aromatic heterocycles. The molecule has 0 saturated carbocycles. The van der Waals surface area contributed by atoms with Crippen molar-refractivity contribution in [2.24, 2.45) is 17.8 Å². The van der Waals surface area contributed by atoms with Gasteiger partial charge >= 0.3 is 0 Å². The zero-order valence-corrected chi connectivity index (χ0v) is 13.2. The zero-order valence-electron chi connectivity index (χ0n) is 13.2. The van der Waals surface area contributed by atoms with Crippen LogP contribution in [0.5, 0.6) is 0 Å². The molecule has 1 fully saturated rings. The summed E-state index contributed by atoms with van der Waals surface area (Å²) < 4.78 is 0. The van der Waals surface area contributed by atoms with Crippen LogP contribution in [-0.4, -0.2) is 37.1 Å². The summed E-state index contributed by atoms with van der Waals surface area (Å²) in [5, 5.41) is 3.70. The minimum Gasteiger partial charge on any atom is -0.314 e. The molecule has 2 heteroatoms. The number of likely N-dealkylation sites (tertiary alicyclic amines) is 1. The lowest BCUT2D eigenvalue weighted by Gasteiger charge is -2.38. The predicted molar refractivity (Wildman–Crippen MR) is 80.9 cm³/mol. The van der Waals surface area contributed by atoms with Crippen LogP contribution in [0, 0.1) is 17.8 Å². The van der Waals surface area contributed by atoms with Crippen LogP contribution in [0.1, 0.15) is 53.9 Å². The average molecular weight is 254 g/mol. The van der Waals surface area contributed by atoms with Gasteiger partial charge in [-0.05, 0) is 50.1 Å². The predicted octanol–water partition coefficient (Wildman–Crippen LogP) is 3.38. The van der Waals surface area contributed by atoms with Crippen molar-refractivity contribution >= 4 is 0 Å². The Hall–Kier alpha value is -0.0800. The van der Waals surface area contributed by atoms with Gasteiger partial charge in [0.2, 0.25) is 0 Å². The van der Waals surface area contributed by atoms with E-state index in [2.05, 4.69) is 44.8 Å².